The van der Waals surface area contributed by atoms with Gasteiger partial charge in [0.1, 0.15) is 0 Å². The first-order valence-corrected chi connectivity index (χ1v) is 5.09. The Morgan fingerprint density at radius 1 is 1.47 bits per heavy atom. The Labute approximate surface area is 89.7 Å². The van der Waals surface area contributed by atoms with Crippen molar-refractivity contribution in [3.8, 4) is 11.5 Å². The zero-order chi connectivity index (χ0) is 11.3. The number of carbonyl (C=O) groups is 1. The van der Waals surface area contributed by atoms with Crippen LogP contribution >= 0.6 is 0 Å². The number of rotatable bonds is 5. The van der Waals surface area contributed by atoms with Crippen molar-refractivity contribution in [2.75, 3.05) is 7.11 Å². The van der Waals surface area contributed by atoms with Crippen molar-refractivity contribution >= 4 is 5.78 Å². The first-order chi connectivity index (χ1) is 7.20. The Kier molecular flexibility index (Phi) is 4.16. The molecule has 1 aromatic rings. The second-order valence-corrected chi connectivity index (χ2v) is 3.38. The van der Waals surface area contributed by atoms with Crippen LogP contribution < -0.4 is 4.74 Å². The summed E-state index contributed by atoms with van der Waals surface area (Å²) < 4.78 is 4.94. The summed E-state index contributed by atoms with van der Waals surface area (Å²) >= 11 is 0. The molecule has 0 spiro atoms. The topological polar surface area (TPSA) is 46.5 Å². The number of para-hydroxylation sites is 1. The van der Waals surface area contributed by atoms with E-state index in [1.165, 1.54) is 7.11 Å². The molecule has 0 aliphatic heterocycles. The summed E-state index contributed by atoms with van der Waals surface area (Å²) in [5.74, 6) is 0.256. The van der Waals surface area contributed by atoms with Crippen LogP contribution in [-0.2, 0) is 0 Å². The van der Waals surface area contributed by atoms with Crippen molar-refractivity contribution in [1.29, 1.82) is 0 Å². The van der Waals surface area contributed by atoms with Gasteiger partial charge >= 0.3 is 0 Å². The van der Waals surface area contributed by atoms with Crippen molar-refractivity contribution < 1.29 is 14.6 Å². The highest BCUT2D eigenvalue weighted by Crippen LogP contribution is 2.30. The summed E-state index contributed by atoms with van der Waals surface area (Å²) in [4.78, 5) is 11.7. The fourth-order valence-electron chi connectivity index (χ4n) is 1.38. The van der Waals surface area contributed by atoms with Crippen LogP contribution in [0.1, 0.15) is 36.5 Å². The molecule has 1 rings (SSSR count). The molecule has 1 N–H and O–H groups in total. The van der Waals surface area contributed by atoms with Crippen LogP contribution in [0, 0.1) is 0 Å². The highest BCUT2D eigenvalue weighted by molar-refractivity contribution is 5.99. The van der Waals surface area contributed by atoms with E-state index in [1.54, 1.807) is 18.2 Å². The van der Waals surface area contributed by atoms with Crippen molar-refractivity contribution in [3.63, 3.8) is 0 Å². The average Bonchev–Trinajstić information content (AvgIpc) is 2.26. The summed E-state index contributed by atoms with van der Waals surface area (Å²) in [6, 6.07) is 4.96. The summed E-state index contributed by atoms with van der Waals surface area (Å²) in [7, 11) is 1.47. The smallest absolute Gasteiger partial charge is 0.168 e. The maximum atomic E-state index is 11.7. The van der Waals surface area contributed by atoms with Crippen molar-refractivity contribution in [2.45, 2.75) is 26.2 Å². The lowest BCUT2D eigenvalue weighted by Gasteiger charge is -2.07. The standard InChI is InChI=1S/C12H16O3/c1-3-4-7-10(13)9-6-5-8-11(15-2)12(9)14/h5-6,8,14H,3-4,7H2,1-2H3. The van der Waals surface area contributed by atoms with Gasteiger partial charge in [-0.15, -0.1) is 0 Å². The number of unbranched alkanes of at least 4 members (excludes halogenated alkanes) is 1. The summed E-state index contributed by atoms with van der Waals surface area (Å²) in [6.07, 6.45) is 2.28. The normalized spacial score (nSPS) is 10.0. The van der Waals surface area contributed by atoms with Crippen LogP contribution in [0.4, 0.5) is 0 Å². The predicted octanol–water partition coefficient (Wildman–Crippen LogP) is 2.77. The fourth-order valence-corrected chi connectivity index (χ4v) is 1.38. The van der Waals surface area contributed by atoms with Gasteiger partial charge in [0, 0.05) is 6.42 Å². The lowest BCUT2D eigenvalue weighted by molar-refractivity contribution is 0.0976. The SMILES string of the molecule is CCCCC(=O)c1cccc(OC)c1O. The Balaban J connectivity index is 2.89. The Hall–Kier alpha value is -1.51. The third-order valence-electron chi connectivity index (χ3n) is 2.28. The van der Waals surface area contributed by atoms with Crippen molar-refractivity contribution in [1.82, 2.24) is 0 Å². The zero-order valence-electron chi connectivity index (χ0n) is 9.12. The van der Waals surface area contributed by atoms with Crippen LogP contribution in [-0.4, -0.2) is 18.0 Å². The lowest BCUT2D eigenvalue weighted by Crippen LogP contribution is -2.00. The van der Waals surface area contributed by atoms with E-state index in [1.807, 2.05) is 6.92 Å². The second kappa shape index (κ2) is 5.39. The third kappa shape index (κ3) is 2.72. The van der Waals surface area contributed by atoms with Crippen LogP contribution in [0.2, 0.25) is 0 Å². The van der Waals surface area contributed by atoms with Gasteiger partial charge in [-0.25, -0.2) is 0 Å². The van der Waals surface area contributed by atoms with Gasteiger partial charge in [-0.1, -0.05) is 19.4 Å². The molecule has 0 saturated heterocycles. The van der Waals surface area contributed by atoms with Crippen LogP contribution in [0.3, 0.4) is 0 Å². The number of hydrogen-bond acceptors (Lipinski definition) is 3. The molecule has 0 aromatic heterocycles. The molecule has 0 amide bonds. The van der Waals surface area contributed by atoms with Gasteiger partial charge in [0.15, 0.2) is 17.3 Å². The molecule has 15 heavy (non-hydrogen) atoms. The van der Waals surface area contributed by atoms with E-state index in [4.69, 9.17) is 4.74 Å². The van der Waals surface area contributed by atoms with Crippen LogP contribution in [0.15, 0.2) is 18.2 Å². The number of ether oxygens (including phenoxy) is 1. The number of aromatic hydroxyl groups is 1. The molecule has 0 bridgehead atoms. The highest BCUT2D eigenvalue weighted by atomic mass is 16.5. The number of hydrogen-bond donors (Lipinski definition) is 1. The number of methoxy groups -OCH3 is 1. The number of phenols is 1. The molecule has 1 aromatic carbocycles. The molecular weight excluding hydrogens is 192 g/mol. The molecule has 0 unspecified atom stereocenters. The van der Waals surface area contributed by atoms with Crippen LogP contribution in [0.5, 0.6) is 11.5 Å². The summed E-state index contributed by atoms with van der Waals surface area (Å²) in [6.45, 7) is 2.03. The molecule has 0 radical (unpaired) electrons. The largest absolute Gasteiger partial charge is 0.504 e. The van der Waals surface area contributed by atoms with Crippen molar-refractivity contribution in [3.05, 3.63) is 23.8 Å². The molecule has 0 aliphatic rings. The molecule has 3 heteroatoms. The van der Waals surface area contributed by atoms with E-state index in [2.05, 4.69) is 0 Å². The molecule has 0 aliphatic carbocycles. The minimum atomic E-state index is -0.0545. The maximum Gasteiger partial charge on any atom is 0.168 e. The number of phenolic OH excluding ortho intramolecular Hbond substituents is 1. The number of Topliss-reactive ketones (excluding diaryl/α,β-unsaturated/α-hetero) is 1. The first-order valence-electron chi connectivity index (χ1n) is 5.09. The molecule has 82 valence electrons. The van der Waals surface area contributed by atoms with E-state index in [-0.39, 0.29) is 11.5 Å². The predicted molar refractivity (Wildman–Crippen MR) is 58.5 cm³/mol. The van der Waals surface area contributed by atoms with E-state index in [0.29, 0.717) is 17.7 Å². The van der Waals surface area contributed by atoms with Gasteiger partial charge in [-0.2, -0.15) is 0 Å². The van der Waals surface area contributed by atoms with Gasteiger partial charge in [0.05, 0.1) is 12.7 Å². The number of benzene rings is 1. The second-order valence-electron chi connectivity index (χ2n) is 3.38. The summed E-state index contributed by atoms with van der Waals surface area (Å²) in [5, 5.41) is 9.71. The van der Waals surface area contributed by atoms with E-state index < -0.39 is 0 Å². The maximum absolute atomic E-state index is 11.7. The molecule has 0 atom stereocenters. The van der Waals surface area contributed by atoms with E-state index >= 15 is 0 Å². The lowest BCUT2D eigenvalue weighted by atomic mass is 10.0. The van der Waals surface area contributed by atoms with E-state index in [9.17, 15) is 9.90 Å². The minimum Gasteiger partial charge on any atom is -0.504 e. The van der Waals surface area contributed by atoms with Gasteiger partial charge in [-0.3, -0.25) is 4.79 Å². The van der Waals surface area contributed by atoms with Crippen LogP contribution in [0.25, 0.3) is 0 Å². The van der Waals surface area contributed by atoms with Gasteiger partial charge in [-0.05, 0) is 18.6 Å². The molecule has 0 fully saturated rings. The first kappa shape index (κ1) is 11.6. The minimum absolute atomic E-state index is 0.0340. The average molecular weight is 208 g/mol. The molecular formula is C12H16O3. The Bertz CT molecular complexity index is 345. The molecule has 3 nitrogen and oxygen atoms in total. The number of ketones is 1. The monoisotopic (exact) mass is 208 g/mol. The third-order valence-corrected chi connectivity index (χ3v) is 2.28. The molecule has 0 heterocycles. The highest BCUT2D eigenvalue weighted by Gasteiger charge is 2.13. The van der Waals surface area contributed by atoms with Crippen molar-refractivity contribution in [2.24, 2.45) is 0 Å². The fraction of sp³-hybridized carbons (Fsp3) is 0.417. The van der Waals surface area contributed by atoms with Gasteiger partial charge in [0.2, 0.25) is 0 Å². The quantitative estimate of drug-likeness (QED) is 0.757. The van der Waals surface area contributed by atoms with E-state index in [0.717, 1.165) is 12.8 Å². The van der Waals surface area contributed by atoms with Gasteiger partial charge < -0.3 is 9.84 Å². The molecule has 0 saturated carbocycles. The zero-order valence-corrected chi connectivity index (χ0v) is 9.12. The number of carbonyl (C=O) groups excluding carboxylic acids is 1. The van der Waals surface area contributed by atoms with Gasteiger partial charge in [0.25, 0.3) is 0 Å². The Morgan fingerprint density at radius 2 is 2.20 bits per heavy atom. The summed E-state index contributed by atoms with van der Waals surface area (Å²) in [5.41, 5.74) is 0.350. The Morgan fingerprint density at radius 3 is 2.80 bits per heavy atom.